The van der Waals surface area contributed by atoms with Crippen LogP contribution in [-0.4, -0.2) is 99.6 Å². The summed E-state index contributed by atoms with van der Waals surface area (Å²) in [4.78, 5) is 25.4. The Hall–Kier alpha value is -1.86. The molecule has 0 saturated carbocycles. The lowest BCUT2D eigenvalue weighted by Crippen LogP contribution is -2.60. The lowest BCUT2D eigenvalue weighted by molar-refractivity contribution is -0.302. The van der Waals surface area contributed by atoms with Crippen LogP contribution in [0.25, 0.3) is 0 Å². The summed E-state index contributed by atoms with van der Waals surface area (Å²) in [6.07, 6.45) is 26.6. The van der Waals surface area contributed by atoms with Gasteiger partial charge in [-0.25, -0.2) is 0 Å². The van der Waals surface area contributed by atoms with Gasteiger partial charge in [0.1, 0.15) is 24.4 Å². The van der Waals surface area contributed by atoms with E-state index in [1.165, 1.54) is 116 Å². The maximum atomic E-state index is 13.5. The van der Waals surface area contributed by atoms with E-state index in [2.05, 4.69) is 31.3 Å². The second-order valence-electron chi connectivity index (χ2n) is 15.5. The van der Waals surface area contributed by atoms with E-state index in [9.17, 15) is 35.1 Å². The lowest BCUT2D eigenvalue weighted by atomic mass is 9.99. The molecule has 6 N–H and O–H groups in total. The molecule has 322 valence electrons. The first-order chi connectivity index (χ1) is 26.7. The van der Waals surface area contributed by atoms with Gasteiger partial charge in [0, 0.05) is 6.92 Å². The van der Waals surface area contributed by atoms with Crippen LogP contribution in [0.3, 0.4) is 0 Å². The molecule has 0 aromatic rings. The Balaban J connectivity index is 2.67. The molecule has 1 amide bonds. The summed E-state index contributed by atoms with van der Waals surface area (Å²) in [5.74, 6) is -1.16. The quantitative estimate of drug-likeness (QED) is 0.0215. The number of rotatable bonds is 35. The van der Waals surface area contributed by atoms with Crippen LogP contribution in [0.2, 0.25) is 0 Å². The monoisotopic (exact) mass is 784 g/mol. The molecule has 1 saturated heterocycles. The third kappa shape index (κ3) is 25.2. The highest BCUT2D eigenvalue weighted by atomic mass is 16.7. The van der Waals surface area contributed by atoms with Gasteiger partial charge in [0.25, 0.3) is 5.91 Å². The van der Waals surface area contributed by atoms with Crippen LogP contribution >= 0.6 is 0 Å². The second kappa shape index (κ2) is 34.2. The Morgan fingerprint density at radius 2 is 1.16 bits per heavy atom. The topological polar surface area (TPSA) is 175 Å². The van der Waals surface area contributed by atoms with E-state index in [4.69, 9.17) is 14.2 Å². The number of carbonyl (C=O) groups is 2. The maximum absolute atomic E-state index is 13.5. The molecule has 0 radical (unpaired) electrons. The van der Waals surface area contributed by atoms with Crippen LogP contribution in [0.4, 0.5) is 0 Å². The Labute approximate surface area is 333 Å². The molecule has 1 fully saturated rings. The van der Waals surface area contributed by atoms with Gasteiger partial charge in [0.15, 0.2) is 12.4 Å². The normalized spacial score (nSPS) is 21.9. The predicted molar refractivity (Wildman–Crippen MR) is 218 cm³/mol. The van der Waals surface area contributed by atoms with Crippen LogP contribution in [0.1, 0.15) is 181 Å². The van der Waals surface area contributed by atoms with Crippen molar-refractivity contribution >= 4 is 11.9 Å². The first-order valence-corrected chi connectivity index (χ1v) is 22.1. The highest BCUT2D eigenvalue weighted by molar-refractivity contribution is 5.83. The van der Waals surface area contributed by atoms with Crippen LogP contribution in [-0.2, 0) is 23.8 Å². The second-order valence-corrected chi connectivity index (χ2v) is 15.5. The highest BCUT2D eigenvalue weighted by Gasteiger charge is 2.44. The first kappa shape index (κ1) is 51.2. The number of unbranched alkanes of at least 4 members (excludes halogenated alkanes) is 21. The summed E-state index contributed by atoms with van der Waals surface area (Å²) in [7, 11) is 0. The lowest BCUT2D eigenvalue weighted by Gasteiger charge is -2.40. The van der Waals surface area contributed by atoms with Crippen molar-refractivity contribution in [1.29, 1.82) is 0 Å². The van der Waals surface area contributed by atoms with E-state index in [0.717, 1.165) is 32.1 Å². The fourth-order valence-electron chi connectivity index (χ4n) is 6.89. The van der Waals surface area contributed by atoms with Crippen molar-refractivity contribution in [2.24, 2.45) is 0 Å². The zero-order valence-electron chi connectivity index (χ0n) is 34.8. The van der Waals surface area contributed by atoms with Crippen LogP contribution < -0.4 is 5.32 Å². The van der Waals surface area contributed by atoms with Gasteiger partial charge >= 0.3 is 5.97 Å². The third-order valence-corrected chi connectivity index (χ3v) is 10.4. The number of amides is 1. The first-order valence-electron chi connectivity index (χ1n) is 22.1. The summed E-state index contributed by atoms with van der Waals surface area (Å²) in [5, 5.41) is 54.3. The van der Waals surface area contributed by atoms with Crippen LogP contribution in [0.5, 0.6) is 0 Å². The molecule has 0 aromatic carbocycles. The SMILES string of the molecule is CCCCCCCCC/C=C/CC/C=C/[C@@H](O)[C@H](CO[C@@H]1O[C@H](CO)[C@@H](O)[C@H](O)[C@H]1O)NC(=O)[C@@H](CCCCCCCCCCCCCCCC)OC(C)=O. The number of hydrogen-bond acceptors (Lipinski definition) is 10. The zero-order chi connectivity index (χ0) is 40.5. The smallest absolute Gasteiger partial charge is 0.303 e. The number of aliphatic hydroxyl groups is 5. The van der Waals surface area contributed by atoms with Gasteiger partial charge < -0.3 is 45.1 Å². The molecule has 11 nitrogen and oxygen atoms in total. The molecular weight excluding hydrogens is 702 g/mol. The molecule has 0 aromatic heterocycles. The molecule has 0 aliphatic carbocycles. The molecule has 0 bridgehead atoms. The van der Waals surface area contributed by atoms with Gasteiger partial charge in [-0.1, -0.05) is 160 Å². The molecule has 1 aliphatic rings. The molecule has 1 aliphatic heterocycles. The molecule has 1 rings (SSSR count). The minimum absolute atomic E-state index is 0.334. The zero-order valence-corrected chi connectivity index (χ0v) is 34.8. The number of nitrogens with one attached hydrogen (secondary N) is 1. The number of allylic oxidation sites excluding steroid dienone is 3. The van der Waals surface area contributed by atoms with Crippen molar-refractivity contribution in [1.82, 2.24) is 5.32 Å². The fourth-order valence-corrected chi connectivity index (χ4v) is 6.89. The Bertz CT molecular complexity index is 992. The van der Waals surface area contributed by atoms with Gasteiger partial charge in [-0.3, -0.25) is 9.59 Å². The highest BCUT2D eigenvalue weighted by Crippen LogP contribution is 2.23. The number of esters is 1. The van der Waals surface area contributed by atoms with Crippen LogP contribution in [0.15, 0.2) is 24.3 Å². The van der Waals surface area contributed by atoms with E-state index in [-0.39, 0.29) is 6.61 Å². The molecule has 1 heterocycles. The molecule has 0 unspecified atom stereocenters. The molecule has 55 heavy (non-hydrogen) atoms. The van der Waals surface area contributed by atoms with Gasteiger partial charge in [-0.15, -0.1) is 0 Å². The van der Waals surface area contributed by atoms with Crippen molar-refractivity contribution in [2.45, 2.75) is 230 Å². The van der Waals surface area contributed by atoms with E-state index < -0.39 is 67.4 Å². The third-order valence-electron chi connectivity index (χ3n) is 10.4. The number of ether oxygens (including phenoxy) is 3. The summed E-state index contributed by atoms with van der Waals surface area (Å²) < 4.78 is 16.6. The minimum Gasteiger partial charge on any atom is -0.452 e. The van der Waals surface area contributed by atoms with E-state index in [1.54, 1.807) is 6.08 Å². The van der Waals surface area contributed by atoms with Crippen molar-refractivity contribution < 1.29 is 49.3 Å². The fraction of sp³-hybridized carbons (Fsp3) is 0.864. The van der Waals surface area contributed by atoms with Crippen molar-refractivity contribution in [2.75, 3.05) is 13.2 Å². The summed E-state index contributed by atoms with van der Waals surface area (Å²) in [6, 6.07) is -1.03. The molecular formula is C44H81NO10. The molecule has 11 heteroatoms. The summed E-state index contributed by atoms with van der Waals surface area (Å²) in [5.41, 5.74) is 0. The standard InChI is InChI=1S/C44H81NO10/c1-4-6-8-10-12-14-16-18-20-22-24-26-28-30-32-38(54-35(3)47)43(52)45-36(34-53-44-42(51)41(50)40(49)39(33-46)55-44)37(48)31-29-27-25-23-21-19-17-15-13-11-9-7-5-2/h21,23,29,31,36-42,44,46,48-51H,4-20,22,24-28,30,32-34H2,1-3H3,(H,45,52)/b23-21+,31-29+/t36-,37+,38+,39+,40+,41-,42+,44+/m0/s1. The average Bonchev–Trinajstić information content (AvgIpc) is 3.17. The van der Waals surface area contributed by atoms with Gasteiger partial charge in [-0.05, 0) is 38.5 Å². The Morgan fingerprint density at radius 3 is 1.69 bits per heavy atom. The van der Waals surface area contributed by atoms with Gasteiger partial charge in [-0.2, -0.15) is 0 Å². The number of carbonyl (C=O) groups excluding carboxylic acids is 2. The van der Waals surface area contributed by atoms with Gasteiger partial charge in [0.2, 0.25) is 0 Å². The van der Waals surface area contributed by atoms with Crippen molar-refractivity contribution in [3.63, 3.8) is 0 Å². The minimum atomic E-state index is -1.64. The van der Waals surface area contributed by atoms with E-state index in [0.29, 0.717) is 19.3 Å². The largest absolute Gasteiger partial charge is 0.452 e. The van der Waals surface area contributed by atoms with Crippen molar-refractivity contribution in [3.8, 4) is 0 Å². The molecule has 0 spiro atoms. The van der Waals surface area contributed by atoms with Crippen molar-refractivity contribution in [3.05, 3.63) is 24.3 Å². The number of hydrogen-bond donors (Lipinski definition) is 6. The Morgan fingerprint density at radius 1 is 0.673 bits per heavy atom. The summed E-state index contributed by atoms with van der Waals surface area (Å²) >= 11 is 0. The number of aliphatic hydroxyl groups excluding tert-OH is 5. The summed E-state index contributed by atoms with van der Waals surface area (Å²) in [6.45, 7) is 4.76. The molecule has 8 atom stereocenters. The van der Waals surface area contributed by atoms with Crippen LogP contribution in [0, 0.1) is 0 Å². The predicted octanol–water partition coefficient (Wildman–Crippen LogP) is 7.49. The van der Waals surface area contributed by atoms with E-state index >= 15 is 0 Å². The Kier molecular flexibility index (Phi) is 31.8. The average molecular weight is 784 g/mol. The maximum Gasteiger partial charge on any atom is 0.303 e. The van der Waals surface area contributed by atoms with Gasteiger partial charge in [0.05, 0.1) is 25.4 Å². The van der Waals surface area contributed by atoms with E-state index in [1.807, 2.05) is 6.08 Å².